The lowest BCUT2D eigenvalue weighted by Crippen LogP contribution is -2.48. The Morgan fingerprint density at radius 3 is 1.24 bits per heavy atom. The summed E-state index contributed by atoms with van der Waals surface area (Å²) in [4.78, 5) is 0. The Labute approximate surface area is 578 Å². The van der Waals surface area contributed by atoms with Crippen LogP contribution in [0.4, 0.5) is 22.7 Å². The molecule has 8 heteroatoms. The van der Waals surface area contributed by atoms with Gasteiger partial charge >= 0.3 is 0 Å². The van der Waals surface area contributed by atoms with Crippen LogP contribution < -0.4 is 18.9 Å². The van der Waals surface area contributed by atoms with Crippen molar-refractivity contribution in [3.05, 3.63) is 271 Å². The minimum atomic E-state index is -0.127. The van der Waals surface area contributed by atoms with Gasteiger partial charge < -0.3 is 18.9 Å². The molecule has 4 saturated carbocycles. The van der Waals surface area contributed by atoms with Crippen molar-refractivity contribution in [2.45, 2.75) is 158 Å². The number of hydrogen-bond acceptors (Lipinski definition) is 4. The van der Waals surface area contributed by atoms with Crippen LogP contribution in [-0.2, 0) is 16.2 Å². The highest BCUT2D eigenvalue weighted by molar-refractivity contribution is 5.87. The van der Waals surface area contributed by atoms with E-state index < -0.39 is 0 Å². The number of rotatable bonds is 9. The summed E-state index contributed by atoms with van der Waals surface area (Å²) in [7, 11) is 0. The molecule has 0 atom stereocenters. The van der Waals surface area contributed by atoms with E-state index >= 15 is 0 Å². The maximum atomic E-state index is 6.54. The number of ether oxygens (including phenoxy) is 4. The molecule has 9 aromatic rings. The standard InChI is InChI=1S/C26H30NO.C25H26NO.C21H26NO.C17H18NO/c1-17-7-8-23(26-12-19-9-20(13-26)11-21(10-19)14-26)25-22(17)15-27(16-28-25)24-6-4-3-5-18(24)2;1-18-14-15-22(25(3,4)20-11-6-5-7-12-20)24-21(18)16-26(17-27-24)23-13-9-8-10-19(23)2;1-6-21(4,5)18-12-15(2)11-17-13-22(14-23-20(17)18)19-10-8-7-9-16(19)3;1-12-8-14(3)17-15(9-12)10-18(11-19-17)16-7-5-4-6-13(16)2/h3-8,15,19-21H,9-14,16H2,1-2H3;5-16H,17H2,1-4H3;7-13H,6,14H2,1-5H3;4-10H,11H2,1-3H3/q4*+1. The number of benzene rings is 9. The van der Waals surface area contributed by atoms with Gasteiger partial charge in [-0.2, -0.15) is 18.3 Å². The Hall–Kier alpha value is -9.14. The first kappa shape index (κ1) is 66.5. The van der Waals surface area contributed by atoms with Crippen LogP contribution in [0, 0.1) is 80.1 Å². The van der Waals surface area contributed by atoms with E-state index in [1.54, 1.807) is 0 Å². The second kappa shape index (κ2) is 27.4. The average molecular weight is 1290 g/mol. The van der Waals surface area contributed by atoms with Gasteiger partial charge in [0.15, 0.2) is 24.9 Å². The predicted molar refractivity (Wildman–Crippen MR) is 398 cm³/mol. The SMILES string of the molecule is CCC(C)(C)c1cc(C)cc2c1OC[N+](c1ccccc1C)=C2.Cc1cc(C)c2c(c1)C=[N+](c1ccccc1C)CO2.Cc1ccccc1[N+]1=Cc2c(C)ccc(C(C)(C)c3ccccc3)c2OC1.Cc1ccccc1[N+]1=Cc2c(C)ccc(C34CC5CC(CC(C5)C3)C4)c2OC1. The summed E-state index contributed by atoms with van der Waals surface area (Å²) >= 11 is 0. The molecule has 0 unspecified atom stereocenters. The molecule has 0 radical (unpaired) electrons. The lowest BCUT2D eigenvalue weighted by molar-refractivity contribution is -0.476. The van der Waals surface area contributed by atoms with Crippen molar-refractivity contribution in [3.8, 4) is 23.0 Å². The van der Waals surface area contributed by atoms with E-state index in [1.165, 1.54) is 156 Å². The number of para-hydroxylation sites is 4. The predicted octanol–water partition coefficient (Wildman–Crippen LogP) is 20.5. The van der Waals surface area contributed by atoms with Gasteiger partial charge in [0.05, 0.1) is 22.3 Å². The molecule has 4 fully saturated rings. The van der Waals surface area contributed by atoms with Crippen LogP contribution in [0.1, 0.15) is 174 Å². The molecule has 4 aliphatic heterocycles. The van der Waals surface area contributed by atoms with Gasteiger partial charge in [0.1, 0.15) is 23.0 Å². The largest absolute Gasteiger partial charge is 0.435 e. The zero-order chi connectivity index (χ0) is 67.9. The molecular formula is C89H100N4O4+4. The Kier molecular flexibility index (Phi) is 18.8. The van der Waals surface area contributed by atoms with Crippen molar-refractivity contribution < 1.29 is 37.2 Å². The minimum Gasteiger partial charge on any atom is -0.435 e. The van der Waals surface area contributed by atoms with E-state index in [9.17, 15) is 0 Å². The van der Waals surface area contributed by atoms with Crippen molar-refractivity contribution in [2.24, 2.45) is 17.8 Å². The van der Waals surface area contributed by atoms with Crippen LogP contribution in [0.15, 0.2) is 176 Å². The van der Waals surface area contributed by atoms with Crippen LogP contribution in [0.5, 0.6) is 23.0 Å². The summed E-state index contributed by atoms with van der Waals surface area (Å²) in [6, 6.07) is 62.5. The number of fused-ring (bicyclic) bond motifs is 4. The van der Waals surface area contributed by atoms with Crippen molar-refractivity contribution in [2.75, 3.05) is 26.9 Å². The molecule has 17 rings (SSSR count). The molecule has 97 heavy (non-hydrogen) atoms. The second-order valence-electron chi connectivity index (χ2n) is 30.1. The topological polar surface area (TPSA) is 49.0 Å². The van der Waals surface area contributed by atoms with Gasteiger partial charge in [0, 0.05) is 68.6 Å². The summed E-state index contributed by atoms with van der Waals surface area (Å²) in [5.74, 6) is 7.13. The molecule has 8 aliphatic rings. The molecule has 4 bridgehead atoms. The zero-order valence-corrected chi connectivity index (χ0v) is 60.0. The number of aryl methyl sites for hydroxylation is 9. The van der Waals surface area contributed by atoms with E-state index in [1.807, 2.05) is 0 Å². The quantitative estimate of drug-likeness (QED) is 0.135. The summed E-state index contributed by atoms with van der Waals surface area (Å²) in [5.41, 5.74) is 26.7. The number of hydrogen-bond donors (Lipinski definition) is 0. The Balaban J connectivity index is 0.000000118. The van der Waals surface area contributed by atoms with Gasteiger partial charge in [-0.25, -0.2) is 0 Å². The molecule has 0 spiro atoms. The summed E-state index contributed by atoms with van der Waals surface area (Å²) in [6.45, 7) is 33.0. The Morgan fingerprint density at radius 1 is 0.371 bits per heavy atom. The highest BCUT2D eigenvalue weighted by atomic mass is 16.5. The van der Waals surface area contributed by atoms with E-state index in [0.29, 0.717) is 32.3 Å². The minimum absolute atomic E-state index is 0.120. The zero-order valence-electron chi connectivity index (χ0n) is 60.0. The molecule has 4 heterocycles. The van der Waals surface area contributed by atoms with Crippen LogP contribution in [0.3, 0.4) is 0 Å². The highest BCUT2D eigenvalue weighted by Gasteiger charge is 2.53. The maximum Gasteiger partial charge on any atom is 0.292 e. The molecule has 0 saturated heterocycles. The lowest BCUT2D eigenvalue weighted by Gasteiger charge is -2.57. The first-order chi connectivity index (χ1) is 46.7. The van der Waals surface area contributed by atoms with Crippen molar-refractivity contribution in [3.63, 3.8) is 0 Å². The molecule has 8 nitrogen and oxygen atoms in total. The average Bonchev–Trinajstić information content (AvgIpc) is 0.731. The molecule has 496 valence electrons. The van der Waals surface area contributed by atoms with Crippen molar-refractivity contribution in [1.29, 1.82) is 0 Å². The summed E-state index contributed by atoms with van der Waals surface area (Å²) in [6.07, 6.45) is 18.7. The van der Waals surface area contributed by atoms with Crippen LogP contribution in [-0.4, -0.2) is 70.1 Å². The van der Waals surface area contributed by atoms with Gasteiger partial charge in [0.2, 0.25) is 22.7 Å². The summed E-state index contributed by atoms with van der Waals surface area (Å²) in [5, 5.41) is 0. The van der Waals surface area contributed by atoms with E-state index in [2.05, 4.69) is 316 Å². The molecule has 0 N–H and O–H groups in total. The third kappa shape index (κ3) is 13.5. The van der Waals surface area contributed by atoms with Gasteiger partial charge in [0.25, 0.3) is 26.9 Å². The van der Waals surface area contributed by atoms with Gasteiger partial charge in [-0.15, -0.1) is 0 Å². The highest BCUT2D eigenvalue weighted by Crippen LogP contribution is 2.62. The van der Waals surface area contributed by atoms with Gasteiger partial charge in [-0.3, -0.25) is 0 Å². The first-order valence-corrected chi connectivity index (χ1v) is 35.5. The monoisotopic (exact) mass is 1290 g/mol. The lowest BCUT2D eigenvalue weighted by atomic mass is 9.48. The molecule has 0 amide bonds. The Bertz CT molecular complexity index is 4560. The van der Waals surface area contributed by atoms with E-state index in [0.717, 1.165) is 47.0 Å². The van der Waals surface area contributed by atoms with Gasteiger partial charge in [-0.05, 0) is 181 Å². The molecule has 0 aromatic heterocycles. The summed E-state index contributed by atoms with van der Waals surface area (Å²) < 4.78 is 33.9. The second-order valence-corrected chi connectivity index (χ2v) is 30.1. The Morgan fingerprint density at radius 2 is 0.763 bits per heavy atom. The third-order valence-corrected chi connectivity index (χ3v) is 22.2. The molecule has 4 aliphatic carbocycles. The fourth-order valence-electron chi connectivity index (χ4n) is 16.9. The fraction of sp³-hybridized carbons (Fsp3) is 0.348. The number of nitrogens with zero attached hydrogens (tertiary/aromatic N) is 4. The van der Waals surface area contributed by atoms with E-state index in [4.69, 9.17) is 18.9 Å². The fourth-order valence-corrected chi connectivity index (χ4v) is 16.9. The van der Waals surface area contributed by atoms with Crippen LogP contribution >= 0.6 is 0 Å². The van der Waals surface area contributed by atoms with Crippen LogP contribution in [0.2, 0.25) is 0 Å². The van der Waals surface area contributed by atoms with Crippen LogP contribution in [0.25, 0.3) is 0 Å². The maximum absolute atomic E-state index is 6.54. The normalized spacial score (nSPS) is 19.2. The molecular weight excluding hydrogens is 1190 g/mol. The van der Waals surface area contributed by atoms with Gasteiger partial charge in [-0.1, -0.05) is 174 Å². The smallest absolute Gasteiger partial charge is 0.292 e. The first-order valence-electron chi connectivity index (χ1n) is 35.5. The van der Waals surface area contributed by atoms with E-state index in [-0.39, 0.29) is 10.8 Å². The van der Waals surface area contributed by atoms with Crippen molar-refractivity contribution in [1.82, 2.24) is 0 Å². The molecule has 9 aromatic carbocycles. The third-order valence-electron chi connectivity index (χ3n) is 22.2. The van der Waals surface area contributed by atoms with Crippen molar-refractivity contribution >= 4 is 47.6 Å².